The predicted octanol–water partition coefficient (Wildman–Crippen LogP) is 1.19. The van der Waals surface area contributed by atoms with E-state index in [0.717, 1.165) is 36.4 Å². The molecule has 4 rings (SSSR count). The highest BCUT2D eigenvalue weighted by Crippen LogP contribution is 2.21. The van der Waals surface area contributed by atoms with Gasteiger partial charge in [-0.15, -0.1) is 0 Å². The van der Waals surface area contributed by atoms with E-state index < -0.39 is 0 Å². The summed E-state index contributed by atoms with van der Waals surface area (Å²) in [6.07, 6.45) is 5.58. The number of aromatic nitrogens is 3. The smallest absolute Gasteiger partial charge is 0.294 e. The van der Waals surface area contributed by atoms with Gasteiger partial charge in [0, 0.05) is 37.6 Å². The average Bonchev–Trinajstić information content (AvgIpc) is 3.39. The van der Waals surface area contributed by atoms with E-state index in [2.05, 4.69) is 15.6 Å². The summed E-state index contributed by atoms with van der Waals surface area (Å²) in [5.74, 6) is 0.471. The monoisotopic (exact) mass is 381 g/mol. The zero-order chi connectivity index (χ0) is 19.7. The molecular weight excluding hydrogens is 358 g/mol. The number of ether oxygens (including phenoxy) is 1. The van der Waals surface area contributed by atoms with E-state index in [1.165, 1.54) is 4.57 Å². The molecule has 2 aromatic heterocycles. The lowest BCUT2D eigenvalue weighted by atomic mass is 10.1. The lowest BCUT2D eigenvalue weighted by molar-refractivity contribution is 0.0946. The van der Waals surface area contributed by atoms with Crippen molar-refractivity contribution in [3.05, 3.63) is 52.7 Å². The quantitative estimate of drug-likeness (QED) is 0.693. The van der Waals surface area contributed by atoms with Crippen LogP contribution >= 0.6 is 0 Å². The molecule has 0 bridgehead atoms. The van der Waals surface area contributed by atoms with Crippen LogP contribution in [0.15, 0.2) is 41.5 Å². The van der Waals surface area contributed by atoms with Crippen LogP contribution in [0.2, 0.25) is 0 Å². The molecule has 0 saturated carbocycles. The molecule has 28 heavy (non-hydrogen) atoms. The van der Waals surface area contributed by atoms with Gasteiger partial charge in [0.25, 0.3) is 11.5 Å². The van der Waals surface area contributed by atoms with Gasteiger partial charge < -0.3 is 19.9 Å². The molecule has 1 atom stereocenters. The average molecular weight is 381 g/mol. The Bertz CT molecular complexity index is 1060. The second kappa shape index (κ2) is 7.47. The van der Waals surface area contributed by atoms with Crippen LogP contribution in [0, 0.1) is 0 Å². The number of amides is 1. The van der Waals surface area contributed by atoms with Gasteiger partial charge in [0.15, 0.2) is 0 Å². The predicted molar refractivity (Wildman–Crippen MR) is 106 cm³/mol. The molecule has 8 nitrogen and oxygen atoms in total. The van der Waals surface area contributed by atoms with Gasteiger partial charge in [0.05, 0.1) is 12.8 Å². The van der Waals surface area contributed by atoms with Gasteiger partial charge in [-0.3, -0.25) is 14.0 Å². The van der Waals surface area contributed by atoms with Crippen molar-refractivity contribution in [2.75, 3.05) is 20.2 Å². The molecule has 0 unspecified atom stereocenters. The highest BCUT2D eigenvalue weighted by atomic mass is 16.5. The number of benzene rings is 1. The molecular formula is C20H23N5O3. The number of hydrogen-bond acceptors (Lipinski definition) is 5. The summed E-state index contributed by atoms with van der Waals surface area (Å²) < 4.78 is 8.34. The third-order valence-electron chi connectivity index (χ3n) is 5.14. The van der Waals surface area contributed by atoms with Crippen LogP contribution in [0.1, 0.15) is 23.3 Å². The van der Waals surface area contributed by atoms with Crippen molar-refractivity contribution >= 4 is 11.6 Å². The number of nitrogens with one attached hydrogen (secondary N) is 2. The van der Waals surface area contributed by atoms with Crippen molar-refractivity contribution in [1.82, 2.24) is 24.6 Å². The maximum absolute atomic E-state index is 12.8. The van der Waals surface area contributed by atoms with E-state index in [4.69, 9.17) is 4.74 Å². The van der Waals surface area contributed by atoms with Crippen molar-refractivity contribution < 1.29 is 9.53 Å². The molecule has 1 fully saturated rings. The molecule has 1 amide bonds. The summed E-state index contributed by atoms with van der Waals surface area (Å²) in [4.78, 5) is 29.5. The van der Waals surface area contributed by atoms with Crippen molar-refractivity contribution in [2.24, 2.45) is 7.05 Å². The fourth-order valence-corrected chi connectivity index (χ4v) is 3.50. The van der Waals surface area contributed by atoms with Gasteiger partial charge in [0.1, 0.15) is 11.4 Å². The first-order valence-corrected chi connectivity index (χ1v) is 9.31. The van der Waals surface area contributed by atoms with Crippen LogP contribution in [-0.2, 0) is 7.05 Å². The van der Waals surface area contributed by atoms with Gasteiger partial charge in [-0.1, -0.05) is 0 Å². The van der Waals surface area contributed by atoms with Gasteiger partial charge in [-0.25, -0.2) is 4.98 Å². The standard InChI is InChI=1S/C20H23N5O3/c1-24-17(13-5-7-15(28-2)8-6-13)12-25-11-16(23-18(25)20(24)27)19(26)22-10-14-4-3-9-21-14/h5-8,11-12,14,21H,3-4,9-10H2,1-2H3,(H,22,26)/t14-/m1/s1. The summed E-state index contributed by atoms with van der Waals surface area (Å²) in [6, 6.07) is 7.76. The number of rotatable bonds is 5. The molecule has 1 saturated heterocycles. The second-order valence-electron chi connectivity index (χ2n) is 6.97. The minimum Gasteiger partial charge on any atom is -0.497 e. The molecule has 146 valence electrons. The zero-order valence-electron chi connectivity index (χ0n) is 15.9. The summed E-state index contributed by atoms with van der Waals surface area (Å²) in [5, 5.41) is 6.23. The van der Waals surface area contributed by atoms with E-state index in [0.29, 0.717) is 12.6 Å². The van der Waals surface area contributed by atoms with Gasteiger partial charge in [0.2, 0.25) is 5.65 Å². The molecule has 0 spiro atoms. The van der Waals surface area contributed by atoms with Crippen molar-refractivity contribution in [1.29, 1.82) is 0 Å². The minimum absolute atomic E-state index is 0.226. The number of methoxy groups -OCH3 is 1. The van der Waals surface area contributed by atoms with E-state index in [-0.39, 0.29) is 22.8 Å². The topological polar surface area (TPSA) is 89.7 Å². The third kappa shape index (κ3) is 3.38. The van der Waals surface area contributed by atoms with Crippen molar-refractivity contribution in [3.8, 4) is 17.0 Å². The first-order chi connectivity index (χ1) is 13.6. The van der Waals surface area contributed by atoms with Crippen LogP contribution < -0.4 is 20.9 Å². The normalized spacial score (nSPS) is 16.4. The Balaban J connectivity index is 1.64. The lowest BCUT2D eigenvalue weighted by Crippen LogP contribution is -2.37. The lowest BCUT2D eigenvalue weighted by Gasteiger charge is -2.10. The summed E-state index contributed by atoms with van der Waals surface area (Å²) in [6.45, 7) is 1.54. The van der Waals surface area contributed by atoms with E-state index >= 15 is 0 Å². The van der Waals surface area contributed by atoms with Gasteiger partial charge >= 0.3 is 0 Å². The van der Waals surface area contributed by atoms with Crippen molar-refractivity contribution in [3.63, 3.8) is 0 Å². The zero-order valence-corrected chi connectivity index (χ0v) is 15.9. The number of imidazole rings is 1. The minimum atomic E-state index is -0.273. The Morgan fingerprint density at radius 2 is 2.11 bits per heavy atom. The summed E-state index contributed by atoms with van der Waals surface area (Å²) >= 11 is 0. The highest BCUT2D eigenvalue weighted by Gasteiger charge is 2.18. The van der Waals surface area contributed by atoms with E-state index in [1.54, 1.807) is 31.0 Å². The number of fused-ring (bicyclic) bond motifs is 1. The Hall–Kier alpha value is -3.13. The summed E-state index contributed by atoms with van der Waals surface area (Å²) in [5.41, 5.74) is 1.80. The number of carbonyl (C=O) groups is 1. The van der Waals surface area contributed by atoms with Gasteiger partial charge in [-0.05, 0) is 43.7 Å². The number of nitrogens with zero attached hydrogens (tertiary/aromatic N) is 3. The summed E-state index contributed by atoms with van der Waals surface area (Å²) in [7, 11) is 3.31. The molecule has 8 heteroatoms. The first-order valence-electron chi connectivity index (χ1n) is 9.31. The molecule has 0 aliphatic carbocycles. The van der Waals surface area contributed by atoms with Crippen LogP contribution in [-0.4, -0.2) is 46.1 Å². The molecule has 1 aliphatic heterocycles. The molecule has 1 aromatic carbocycles. The Morgan fingerprint density at radius 3 is 2.79 bits per heavy atom. The molecule has 0 radical (unpaired) electrons. The first kappa shape index (κ1) is 18.2. The third-order valence-corrected chi connectivity index (χ3v) is 5.14. The fourth-order valence-electron chi connectivity index (χ4n) is 3.50. The molecule has 3 heterocycles. The second-order valence-corrected chi connectivity index (χ2v) is 6.97. The molecule has 1 aliphatic rings. The van der Waals surface area contributed by atoms with Gasteiger partial charge in [-0.2, -0.15) is 0 Å². The highest BCUT2D eigenvalue weighted by molar-refractivity contribution is 5.92. The van der Waals surface area contributed by atoms with Crippen LogP contribution in [0.3, 0.4) is 0 Å². The maximum atomic E-state index is 12.8. The van der Waals surface area contributed by atoms with Crippen LogP contribution in [0.4, 0.5) is 0 Å². The Kier molecular flexibility index (Phi) is 4.87. The van der Waals surface area contributed by atoms with E-state index in [1.807, 2.05) is 24.3 Å². The van der Waals surface area contributed by atoms with E-state index in [9.17, 15) is 9.59 Å². The Morgan fingerprint density at radius 1 is 1.32 bits per heavy atom. The Labute approximate surface area is 162 Å². The molecule has 2 N–H and O–H groups in total. The maximum Gasteiger partial charge on any atom is 0.294 e. The van der Waals surface area contributed by atoms with Crippen molar-refractivity contribution in [2.45, 2.75) is 18.9 Å². The van der Waals surface area contributed by atoms with Crippen LogP contribution in [0.25, 0.3) is 16.9 Å². The number of hydrogen-bond donors (Lipinski definition) is 2. The fraction of sp³-hybridized carbons (Fsp3) is 0.350. The SMILES string of the molecule is COc1ccc(-c2cn3cc(C(=O)NC[C@H]4CCCN4)nc3c(=O)n2C)cc1. The van der Waals surface area contributed by atoms with Crippen LogP contribution in [0.5, 0.6) is 5.75 Å². The molecule has 3 aromatic rings. The largest absolute Gasteiger partial charge is 0.497 e. The number of carbonyl (C=O) groups excluding carboxylic acids is 1.